The molecule has 0 bridgehead atoms. The molecule has 0 aromatic heterocycles. The maximum absolute atomic E-state index is 11.8. The van der Waals surface area contributed by atoms with Crippen LogP contribution in [0.2, 0.25) is 5.02 Å². The number of benzene rings is 2. The average molecular weight is 375 g/mol. The summed E-state index contributed by atoms with van der Waals surface area (Å²) in [7, 11) is 0. The fourth-order valence-corrected chi connectivity index (χ4v) is 2.12. The van der Waals surface area contributed by atoms with E-state index in [0.717, 1.165) is 0 Å². The summed E-state index contributed by atoms with van der Waals surface area (Å²) in [4.78, 5) is 33.5. The highest BCUT2D eigenvalue weighted by Crippen LogP contribution is 2.15. The molecule has 2 rings (SSSR count). The van der Waals surface area contributed by atoms with E-state index in [1.54, 1.807) is 24.3 Å². The van der Waals surface area contributed by atoms with Crippen molar-refractivity contribution in [2.45, 2.75) is 12.8 Å². The van der Waals surface area contributed by atoms with Crippen molar-refractivity contribution in [3.63, 3.8) is 0 Å². The van der Waals surface area contributed by atoms with Gasteiger partial charge in [0.2, 0.25) is 11.8 Å². The molecule has 8 nitrogen and oxygen atoms in total. The summed E-state index contributed by atoms with van der Waals surface area (Å²) < 4.78 is 0. The Morgan fingerprint density at radius 3 is 2.46 bits per heavy atom. The molecule has 0 aliphatic heterocycles. The zero-order valence-corrected chi connectivity index (χ0v) is 14.3. The highest BCUT2D eigenvalue weighted by atomic mass is 35.5. The fourth-order valence-electron chi connectivity index (χ4n) is 1.93. The van der Waals surface area contributed by atoms with Crippen LogP contribution in [0.15, 0.2) is 53.6 Å². The van der Waals surface area contributed by atoms with Gasteiger partial charge in [-0.05, 0) is 35.9 Å². The van der Waals surface area contributed by atoms with E-state index in [1.807, 2.05) is 0 Å². The zero-order valence-electron chi connectivity index (χ0n) is 13.5. The lowest BCUT2D eigenvalue weighted by molar-refractivity contribution is -0.384. The number of carbonyl (C=O) groups is 2. The molecule has 2 N–H and O–H groups in total. The van der Waals surface area contributed by atoms with Gasteiger partial charge in [-0.2, -0.15) is 5.10 Å². The van der Waals surface area contributed by atoms with Gasteiger partial charge in [0.05, 0.1) is 11.1 Å². The van der Waals surface area contributed by atoms with Crippen LogP contribution in [0.25, 0.3) is 0 Å². The van der Waals surface area contributed by atoms with Gasteiger partial charge in [0.15, 0.2) is 0 Å². The zero-order chi connectivity index (χ0) is 18.9. The van der Waals surface area contributed by atoms with Crippen LogP contribution in [-0.2, 0) is 9.59 Å². The SMILES string of the molecule is O=C(CCC(=O)Nc1cccc(Cl)c1)N/N=C\c1ccc([N+](=O)[O-])cc1. The number of non-ortho nitro benzene ring substituents is 1. The second-order valence-electron chi connectivity index (χ2n) is 5.20. The largest absolute Gasteiger partial charge is 0.326 e. The van der Waals surface area contributed by atoms with Crippen molar-refractivity contribution in [2.75, 3.05) is 5.32 Å². The molecule has 0 aliphatic carbocycles. The third-order valence-electron chi connectivity index (χ3n) is 3.19. The number of nitrogens with zero attached hydrogens (tertiary/aromatic N) is 2. The Labute approximate surface area is 154 Å². The highest BCUT2D eigenvalue weighted by molar-refractivity contribution is 6.30. The molecule has 0 spiro atoms. The van der Waals surface area contributed by atoms with E-state index in [4.69, 9.17) is 11.6 Å². The number of hydrogen-bond donors (Lipinski definition) is 2. The third-order valence-corrected chi connectivity index (χ3v) is 3.43. The van der Waals surface area contributed by atoms with E-state index in [9.17, 15) is 19.7 Å². The molecule has 0 atom stereocenters. The van der Waals surface area contributed by atoms with Gasteiger partial charge in [-0.1, -0.05) is 17.7 Å². The van der Waals surface area contributed by atoms with Crippen LogP contribution < -0.4 is 10.7 Å². The summed E-state index contributed by atoms with van der Waals surface area (Å²) in [5, 5.41) is 17.4. The molecule has 2 amide bonds. The Hall–Kier alpha value is -3.26. The number of hydrazone groups is 1. The molecule has 2 aromatic carbocycles. The fraction of sp³-hybridized carbons (Fsp3) is 0.118. The van der Waals surface area contributed by atoms with Gasteiger partial charge in [-0.25, -0.2) is 5.43 Å². The Bertz CT molecular complexity index is 837. The van der Waals surface area contributed by atoms with E-state index < -0.39 is 10.8 Å². The Morgan fingerprint density at radius 2 is 1.81 bits per heavy atom. The molecule has 0 saturated heterocycles. The van der Waals surface area contributed by atoms with Crippen LogP contribution in [0, 0.1) is 10.1 Å². The van der Waals surface area contributed by atoms with Gasteiger partial charge < -0.3 is 5.32 Å². The lowest BCUT2D eigenvalue weighted by Gasteiger charge is -2.05. The minimum Gasteiger partial charge on any atom is -0.326 e. The Morgan fingerprint density at radius 1 is 1.12 bits per heavy atom. The first-order valence-electron chi connectivity index (χ1n) is 7.56. The Balaban J connectivity index is 1.74. The predicted octanol–water partition coefficient (Wildman–Crippen LogP) is 3.12. The topological polar surface area (TPSA) is 114 Å². The van der Waals surface area contributed by atoms with Crippen molar-refractivity contribution in [1.82, 2.24) is 5.43 Å². The second-order valence-corrected chi connectivity index (χ2v) is 5.64. The van der Waals surface area contributed by atoms with E-state index in [1.165, 1.54) is 30.5 Å². The number of amides is 2. The van der Waals surface area contributed by atoms with Gasteiger partial charge >= 0.3 is 0 Å². The second kappa shape index (κ2) is 9.28. The maximum Gasteiger partial charge on any atom is 0.269 e. The molecule has 134 valence electrons. The van der Waals surface area contributed by atoms with Crippen molar-refractivity contribution in [3.05, 3.63) is 69.2 Å². The van der Waals surface area contributed by atoms with Crippen molar-refractivity contribution in [3.8, 4) is 0 Å². The van der Waals surface area contributed by atoms with Crippen LogP contribution in [-0.4, -0.2) is 23.0 Å². The highest BCUT2D eigenvalue weighted by Gasteiger charge is 2.07. The monoisotopic (exact) mass is 374 g/mol. The Kier molecular flexibility index (Phi) is 6.81. The number of anilines is 1. The van der Waals surface area contributed by atoms with E-state index in [-0.39, 0.29) is 24.4 Å². The first kappa shape index (κ1) is 19.1. The van der Waals surface area contributed by atoms with Crippen LogP contribution in [0.3, 0.4) is 0 Å². The van der Waals surface area contributed by atoms with E-state index >= 15 is 0 Å². The summed E-state index contributed by atoms with van der Waals surface area (Å²) in [6.45, 7) is 0. The van der Waals surface area contributed by atoms with Gasteiger partial charge in [-0.3, -0.25) is 19.7 Å². The number of rotatable bonds is 7. The molecule has 0 unspecified atom stereocenters. The van der Waals surface area contributed by atoms with Gasteiger partial charge in [0, 0.05) is 35.7 Å². The van der Waals surface area contributed by atoms with Crippen molar-refractivity contribution in [2.24, 2.45) is 5.10 Å². The molecule has 0 radical (unpaired) electrons. The quantitative estimate of drug-likeness (QED) is 0.440. The molecular formula is C17H15ClN4O4. The molecule has 0 aliphatic rings. The van der Waals surface area contributed by atoms with Crippen LogP contribution >= 0.6 is 11.6 Å². The number of nitrogens with one attached hydrogen (secondary N) is 2. The first-order chi connectivity index (χ1) is 12.4. The molecule has 0 heterocycles. The molecule has 2 aromatic rings. The van der Waals surface area contributed by atoms with Gasteiger partial charge in [0.25, 0.3) is 5.69 Å². The molecule has 0 saturated carbocycles. The third kappa shape index (κ3) is 6.33. The lowest BCUT2D eigenvalue weighted by atomic mass is 10.2. The van der Waals surface area contributed by atoms with Crippen LogP contribution in [0.1, 0.15) is 18.4 Å². The van der Waals surface area contributed by atoms with Gasteiger partial charge in [0.1, 0.15) is 0 Å². The smallest absolute Gasteiger partial charge is 0.269 e. The van der Waals surface area contributed by atoms with Crippen molar-refractivity contribution >= 4 is 41.0 Å². The summed E-state index contributed by atoms with van der Waals surface area (Å²) in [6, 6.07) is 12.4. The van der Waals surface area contributed by atoms with Crippen LogP contribution in [0.5, 0.6) is 0 Å². The standard InChI is InChI=1S/C17H15ClN4O4/c18-13-2-1-3-14(10-13)20-16(23)8-9-17(24)21-19-11-12-4-6-15(7-5-12)22(25)26/h1-7,10-11H,8-9H2,(H,20,23)(H,21,24)/b19-11-. The molecule has 0 fully saturated rings. The maximum atomic E-state index is 11.8. The lowest BCUT2D eigenvalue weighted by Crippen LogP contribution is -2.20. The molecular weight excluding hydrogens is 360 g/mol. The van der Waals surface area contributed by atoms with Crippen LogP contribution in [0.4, 0.5) is 11.4 Å². The number of nitro groups is 1. The normalized spacial score (nSPS) is 10.5. The number of nitro benzene ring substituents is 1. The molecule has 26 heavy (non-hydrogen) atoms. The van der Waals surface area contributed by atoms with Gasteiger partial charge in [-0.15, -0.1) is 0 Å². The first-order valence-corrected chi connectivity index (χ1v) is 7.93. The average Bonchev–Trinajstić information content (AvgIpc) is 2.60. The summed E-state index contributed by atoms with van der Waals surface area (Å²) >= 11 is 5.82. The number of carbonyl (C=O) groups excluding carboxylic acids is 2. The molecule has 9 heteroatoms. The predicted molar refractivity (Wildman–Crippen MR) is 98.1 cm³/mol. The van der Waals surface area contributed by atoms with Crippen molar-refractivity contribution in [1.29, 1.82) is 0 Å². The van der Waals surface area contributed by atoms with E-state index in [2.05, 4.69) is 15.8 Å². The number of hydrogen-bond acceptors (Lipinski definition) is 5. The summed E-state index contributed by atoms with van der Waals surface area (Å²) in [6.07, 6.45) is 1.31. The minimum absolute atomic E-state index is 0.00853. The van der Waals surface area contributed by atoms with E-state index in [0.29, 0.717) is 16.3 Å². The summed E-state index contributed by atoms with van der Waals surface area (Å²) in [5.74, 6) is -0.744. The summed E-state index contributed by atoms with van der Waals surface area (Å²) in [5.41, 5.74) is 3.41. The number of halogens is 1. The minimum atomic E-state index is -0.503. The van der Waals surface area contributed by atoms with Crippen molar-refractivity contribution < 1.29 is 14.5 Å².